The summed E-state index contributed by atoms with van der Waals surface area (Å²) >= 11 is 0. The van der Waals surface area contributed by atoms with Crippen molar-refractivity contribution in [1.29, 1.82) is 0 Å². The minimum Gasteiger partial charge on any atom is -0.469 e. The Morgan fingerprint density at radius 3 is 2.86 bits per heavy atom. The summed E-state index contributed by atoms with van der Waals surface area (Å²) < 4.78 is 4.71. The van der Waals surface area contributed by atoms with Crippen LogP contribution >= 0.6 is 0 Å². The first-order chi connectivity index (χ1) is 10.0. The molecule has 1 aliphatic heterocycles. The SMILES string of the molecule is COC(=O)C(C)CN(C)C(=O)C1CNCc2ccccc21. The number of hydrogen-bond acceptors (Lipinski definition) is 4. The summed E-state index contributed by atoms with van der Waals surface area (Å²) in [5.74, 6) is -0.775. The van der Waals surface area contributed by atoms with Crippen molar-refractivity contribution in [3.8, 4) is 0 Å². The molecule has 1 aromatic rings. The molecule has 0 bridgehead atoms. The smallest absolute Gasteiger partial charge is 0.310 e. The van der Waals surface area contributed by atoms with Crippen molar-refractivity contribution in [1.82, 2.24) is 10.2 Å². The second kappa shape index (κ2) is 6.72. The summed E-state index contributed by atoms with van der Waals surface area (Å²) in [6, 6.07) is 7.99. The normalized spacial score (nSPS) is 18.5. The molecule has 1 amide bonds. The summed E-state index contributed by atoms with van der Waals surface area (Å²) in [5, 5.41) is 3.27. The average Bonchev–Trinajstić information content (AvgIpc) is 2.52. The van der Waals surface area contributed by atoms with E-state index < -0.39 is 0 Å². The van der Waals surface area contributed by atoms with Gasteiger partial charge in [-0.3, -0.25) is 9.59 Å². The van der Waals surface area contributed by atoms with Crippen molar-refractivity contribution < 1.29 is 14.3 Å². The number of carbonyl (C=O) groups excluding carboxylic acids is 2. The Morgan fingerprint density at radius 2 is 2.14 bits per heavy atom. The lowest BCUT2D eigenvalue weighted by Crippen LogP contribution is -2.42. The van der Waals surface area contributed by atoms with E-state index in [0.29, 0.717) is 13.1 Å². The zero-order chi connectivity index (χ0) is 15.4. The van der Waals surface area contributed by atoms with Crippen molar-refractivity contribution >= 4 is 11.9 Å². The van der Waals surface area contributed by atoms with E-state index in [2.05, 4.69) is 5.32 Å². The Hall–Kier alpha value is -1.88. The largest absolute Gasteiger partial charge is 0.469 e. The number of benzene rings is 1. The Kier molecular flexibility index (Phi) is 4.96. The van der Waals surface area contributed by atoms with Crippen LogP contribution in [0.5, 0.6) is 0 Å². The summed E-state index contributed by atoms with van der Waals surface area (Å²) in [7, 11) is 3.10. The number of carbonyl (C=O) groups is 2. The van der Waals surface area contributed by atoms with E-state index in [0.717, 1.165) is 17.7 Å². The van der Waals surface area contributed by atoms with Gasteiger partial charge in [0.05, 0.1) is 18.9 Å². The van der Waals surface area contributed by atoms with Crippen LogP contribution in [0.25, 0.3) is 0 Å². The molecule has 5 heteroatoms. The molecule has 0 aromatic heterocycles. The molecule has 0 saturated heterocycles. The van der Waals surface area contributed by atoms with Gasteiger partial charge in [-0.2, -0.15) is 0 Å². The molecule has 5 nitrogen and oxygen atoms in total. The number of ether oxygens (including phenoxy) is 1. The number of amides is 1. The molecule has 1 aliphatic rings. The highest BCUT2D eigenvalue weighted by molar-refractivity contribution is 5.85. The van der Waals surface area contributed by atoms with Crippen LogP contribution < -0.4 is 5.32 Å². The molecule has 0 aliphatic carbocycles. The number of hydrogen-bond donors (Lipinski definition) is 1. The topological polar surface area (TPSA) is 58.6 Å². The zero-order valence-electron chi connectivity index (χ0n) is 12.8. The first kappa shape index (κ1) is 15.5. The molecule has 1 aromatic carbocycles. The molecular formula is C16H22N2O3. The first-order valence-electron chi connectivity index (χ1n) is 7.16. The van der Waals surface area contributed by atoms with Crippen LogP contribution in [0.3, 0.4) is 0 Å². The van der Waals surface area contributed by atoms with Gasteiger partial charge in [-0.15, -0.1) is 0 Å². The number of fused-ring (bicyclic) bond motifs is 1. The number of rotatable bonds is 4. The highest BCUT2D eigenvalue weighted by atomic mass is 16.5. The fourth-order valence-electron chi connectivity index (χ4n) is 2.76. The van der Waals surface area contributed by atoms with E-state index in [9.17, 15) is 9.59 Å². The maximum absolute atomic E-state index is 12.6. The third-order valence-corrected chi connectivity index (χ3v) is 3.92. The fraction of sp³-hybridized carbons (Fsp3) is 0.500. The molecule has 21 heavy (non-hydrogen) atoms. The average molecular weight is 290 g/mol. The molecule has 114 valence electrons. The number of likely N-dealkylation sites (N-methyl/N-ethyl adjacent to an activating group) is 1. The molecule has 0 spiro atoms. The van der Waals surface area contributed by atoms with Crippen molar-refractivity contribution in [2.45, 2.75) is 19.4 Å². The number of nitrogens with zero attached hydrogens (tertiary/aromatic N) is 1. The third kappa shape index (κ3) is 3.42. The van der Waals surface area contributed by atoms with Gasteiger partial charge in [-0.25, -0.2) is 0 Å². The highest BCUT2D eigenvalue weighted by Crippen LogP contribution is 2.25. The van der Waals surface area contributed by atoms with Crippen LogP contribution in [-0.2, 0) is 20.9 Å². The van der Waals surface area contributed by atoms with Gasteiger partial charge >= 0.3 is 5.97 Å². The Balaban J connectivity index is 2.08. The Morgan fingerprint density at radius 1 is 1.43 bits per heavy atom. The minimum atomic E-state index is -0.323. The van der Waals surface area contributed by atoms with E-state index in [1.54, 1.807) is 18.9 Å². The standard InChI is InChI=1S/C16H22N2O3/c1-11(16(20)21-3)10-18(2)15(19)14-9-17-8-12-6-4-5-7-13(12)14/h4-7,11,14,17H,8-10H2,1-3H3. The third-order valence-electron chi connectivity index (χ3n) is 3.92. The van der Waals surface area contributed by atoms with Crippen LogP contribution in [0, 0.1) is 5.92 Å². The Bertz CT molecular complexity index is 530. The molecule has 2 rings (SSSR count). The van der Waals surface area contributed by atoms with Crippen molar-refractivity contribution in [3.05, 3.63) is 35.4 Å². The summed E-state index contributed by atoms with van der Waals surface area (Å²) in [6.45, 7) is 3.56. The molecular weight excluding hydrogens is 268 g/mol. The maximum atomic E-state index is 12.6. The lowest BCUT2D eigenvalue weighted by atomic mass is 9.89. The van der Waals surface area contributed by atoms with Gasteiger partial charge in [-0.1, -0.05) is 31.2 Å². The van der Waals surface area contributed by atoms with Gasteiger partial charge in [0.1, 0.15) is 0 Å². The molecule has 0 fully saturated rings. The predicted molar refractivity (Wildman–Crippen MR) is 79.7 cm³/mol. The lowest BCUT2D eigenvalue weighted by molar-refractivity contribution is -0.146. The van der Waals surface area contributed by atoms with Crippen LogP contribution in [0.15, 0.2) is 24.3 Å². The van der Waals surface area contributed by atoms with E-state index >= 15 is 0 Å². The van der Waals surface area contributed by atoms with Crippen LogP contribution in [-0.4, -0.2) is 44.0 Å². The van der Waals surface area contributed by atoms with E-state index in [1.165, 1.54) is 7.11 Å². The molecule has 0 saturated carbocycles. The van der Waals surface area contributed by atoms with Gasteiger partial charge < -0.3 is 15.0 Å². The van der Waals surface area contributed by atoms with Gasteiger partial charge in [0.25, 0.3) is 0 Å². The van der Waals surface area contributed by atoms with Gasteiger partial charge in [0.15, 0.2) is 0 Å². The van der Waals surface area contributed by atoms with E-state index in [1.807, 2.05) is 24.3 Å². The minimum absolute atomic E-state index is 0.0328. The predicted octanol–water partition coefficient (Wildman–Crippen LogP) is 1.14. The van der Waals surface area contributed by atoms with Crippen molar-refractivity contribution in [3.63, 3.8) is 0 Å². The summed E-state index contributed by atoms with van der Waals surface area (Å²) in [5.41, 5.74) is 2.25. The second-order valence-corrected chi connectivity index (χ2v) is 5.53. The highest BCUT2D eigenvalue weighted by Gasteiger charge is 2.29. The van der Waals surface area contributed by atoms with Crippen LogP contribution in [0.4, 0.5) is 0 Å². The number of nitrogens with one attached hydrogen (secondary N) is 1. The van der Waals surface area contributed by atoms with Gasteiger partial charge in [-0.05, 0) is 11.1 Å². The fourth-order valence-corrected chi connectivity index (χ4v) is 2.76. The molecule has 1 heterocycles. The monoisotopic (exact) mass is 290 g/mol. The zero-order valence-corrected chi connectivity index (χ0v) is 12.8. The maximum Gasteiger partial charge on any atom is 0.310 e. The molecule has 2 unspecified atom stereocenters. The van der Waals surface area contributed by atoms with Crippen LogP contribution in [0.1, 0.15) is 24.0 Å². The summed E-state index contributed by atoms with van der Waals surface area (Å²) in [6.07, 6.45) is 0. The molecule has 2 atom stereocenters. The second-order valence-electron chi connectivity index (χ2n) is 5.53. The number of methoxy groups -OCH3 is 1. The number of esters is 1. The van der Waals surface area contributed by atoms with E-state index in [-0.39, 0.29) is 23.7 Å². The molecule has 1 N–H and O–H groups in total. The van der Waals surface area contributed by atoms with Gasteiger partial charge in [0, 0.05) is 26.7 Å². The van der Waals surface area contributed by atoms with Crippen molar-refractivity contribution in [2.24, 2.45) is 5.92 Å². The van der Waals surface area contributed by atoms with Gasteiger partial charge in [0.2, 0.25) is 5.91 Å². The van der Waals surface area contributed by atoms with Crippen LogP contribution in [0.2, 0.25) is 0 Å². The summed E-state index contributed by atoms with van der Waals surface area (Å²) in [4.78, 5) is 25.7. The molecule has 0 radical (unpaired) electrons. The van der Waals surface area contributed by atoms with Crippen molar-refractivity contribution in [2.75, 3.05) is 27.2 Å². The lowest BCUT2D eigenvalue weighted by Gasteiger charge is -2.30. The van der Waals surface area contributed by atoms with E-state index in [4.69, 9.17) is 4.74 Å². The quantitative estimate of drug-likeness (QED) is 0.845. The Labute approximate surface area is 125 Å². The first-order valence-corrected chi connectivity index (χ1v) is 7.16.